The number of nitrogens with one attached hydrogen (secondary N) is 1. The zero-order valence-electron chi connectivity index (χ0n) is 11.4. The summed E-state index contributed by atoms with van der Waals surface area (Å²) >= 11 is 1.55. The number of rotatable bonds is 7. The fourth-order valence-corrected chi connectivity index (χ4v) is 2.56. The van der Waals surface area contributed by atoms with Crippen molar-refractivity contribution in [3.63, 3.8) is 0 Å². The predicted molar refractivity (Wildman–Crippen MR) is 76.6 cm³/mol. The number of aliphatic hydroxyl groups is 1. The van der Waals surface area contributed by atoms with Gasteiger partial charge in [-0.05, 0) is 24.6 Å². The Morgan fingerprint density at radius 2 is 2.24 bits per heavy atom. The Labute approximate surface area is 125 Å². The summed E-state index contributed by atoms with van der Waals surface area (Å²) in [6.07, 6.45) is -0.799. The van der Waals surface area contributed by atoms with E-state index in [1.54, 1.807) is 23.5 Å². The molecule has 4 nitrogen and oxygen atoms in total. The van der Waals surface area contributed by atoms with E-state index < -0.39 is 12.7 Å². The number of aromatic nitrogens is 1. The molecule has 114 valence electrons. The van der Waals surface area contributed by atoms with Gasteiger partial charge in [-0.2, -0.15) is 8.78 Å². The molecule has 21 heavy (non-hydrogen) atoms. The number of ether oxygens (including phenoxy) is 1. The third kappa shape index (κ3) is 5.04. The average Bonchev–Trinajstić information content (AvgIpc) is 2.84. The summed E-state index contributed by atoms with van der Waals surface area (Å²) in [6.45, 7) is -0.0909. The Morgan fingerprint density at radius 3 is 2.90 bits per heavy atom. The van der Waals surface area contributed by atoms with Gasteiger partial charge in [-0.15, -0.1) is 11.3 Å². The molecule has 0 aliphatic heterocycles. The molecule has 0 fully saturated rings. The number of thiazole rings is 1. The Bertz CT molecular complexity index is 578. The summed E-state index contributed by atoms with van der Waals surface area (Å²) in [7, 11) is 0. The first-order valence-corrected chi connectivity index (χ1v) is 7.27. The van der Waals surface area contributed by atoms with E-state index in [1.807, 2.05) is 12.3 Å². The molecule has 0 saturated carbocycles. The van der Waals surface area contributed by atoms with Gasteiger partial charge in [0.15, 0.2) is 0 Å². The van der Waals surface area contributed by atoms with Crippen LogP contribution in [0.5, 0.6) is 5.75 Å². The number of hydrogen-bond acceptors (Lipinski definition) is 5. The van der Waals surface area contributed by atoms with Gasteiger partial charge in [0.05, 0.1) is 6.10 Å². The first-order chi connectivity index (χ1) is 10.0. The minimum absolute atomic E-state index is 0.0390. The third-order valence-electron chi connectivity index (χ3n) is 2.75. The van der Waals surface area contributed by atoms with Crippen LogP contribution >= 0.6 is 11.3 Å². The minimum atomic E-state index is -2.87. The number of benzene rings is 1. The largest absolute Gasteiger partial charge is 0.435 e. The van der Waals surface area contributed by atoms with Crippen molar-refractivity contribution in [2.24, 2.45) is 0 Å². The molecule has 0 bridgehead atoms. The smallest absolute Gasteiger partial charge is 0.387 e. The molecule has 2 aromatic rings. The molecule has 1 aromatic carbocycles. The molecular formula is C14H16F2N2O2S. The maximum Gasteiger partial charge on any atom is 0.387 e. The van der Waals surface area contributed by atoms with Crippen LogP contribution in [0.1, 0.15) is 22.4 Å². The van der Waals surface area contributed by atoms with E-state index in [0.29, 0.717) is 18.7 Å². The summed E-state index contributed by atoms with van der Waals surface area (Å²) in [5.41, 5.74) is 1.49. The summed E-state index contributed by atoms with van der Waals surface area (Å²) in [5, 5.41) is 16.0. The molecule has 0 saturated heterocycles. The van der Waals surface area contributed by atoms with Crippen molar-refractivity contribution >= 4 is 11.3 Å². The fraction of sp³-hybridized carbons (Fsp3) is 0.357. The molecule has 0 radical (unpaired) electrons. The molecule has 1 atom stereocenters. The number of nitrogens with zero attached hydrogens (tertiary/aromatic N) is 1. The van der Waals surface area contributed by atoms with Crippen molar-refractivity contribution < 1.29 is 18.6 Å². The van der Waals surface area contributed by atoms with Crippen molar-refractivity contribution in [2.45, 2.75) is 26.2 Å². The van der Waals surface area contributed by atoms with Crippen molar-refractivity contribution in [1.29, 1.82) is 0 Å². The van der Waals surface area contributed by atoms with Crippen LogP contribution in [0.3, 0.4) is 0 Å². The second-order valence-corrected chi connectivity index (χ2v) is 5.42. The Hall–Kier alpha value is -1.57. The van der Waals surface area contributed by atoms with Gasteiger partial charge in [-0.25, -0.2) is 4.98 Å². The van der Waals surface area contributed by atoms with Crippen LogP contribution in [-0.2, 0) is 6.54 Å². The molecule has 1 unspecified atom stereocenters. The van der Waals surface area contributed by atoms with Crippen molar-refractivity contribution in [2.75, 3.05) is 6.54 Å². The summed E-state index contributed by atoms with van der Waals surface area (Å²) in [6, 6.07) is 6.07. The van der Waals surface area contributed by atoms with E-state index in [-0.39, 0.29) is 5.75 Å². The van der Waals surface area contributed by atoms with Crippen molar-refractivity contribution in [3.8, 4) is 5.75 Å². The van der Waals surface area contributed by atoms with E-state index in [1.165, 1.54) is 12.1 Å². The van der Waals surface area contributed by atoms with Crippen LogP contribution in [0, 0.1) is 6.92 Å². The van der Waals surface area contributed by atoms with Crippen LogP contribution in [0.25, 0.3) is 0 Å². The number of hydrogen-bond donors (Lipinski definition) is 2. The van der Waals surface area contributed by atoms with Gasteiger partial charge in [-0.3, -0.25) is 0 Å². The molecule has 2 N–H and O–H groups in total. The van der Waals surface area contributed by atoms with E-state index >= 15 is 0 Å². The van der Waals surface area contributed by atoms with Gasteiger partial charge in [0.2, 0.25) is 0 Å². The molecule has 0 amide bonds. The van der Waals surface area contributed by atoms with Crippen LogP contribution in [0.4, 0.5) is 8.78 Å². The number of halogens is 2. The van der Waals surface area contributed by atoms with Crippen molar-refractivity contribution in [3.05, 3.63) is 45.9 Å². The van der Waals surface area contributed by atoms with Crippen LogP contribution in [-0.4, -0.2) is 23.2 Å². The molecule has 0 aliphatic rings. The number of aliphatic hydroxyl groups excluding tert-OH is 1. The highest BCUT2D eigenvalue weighted by Gasteiger charge is 2.10. The first-order valence-electron chi connectivity index (χ1n) is 6.39. The van der Waals surface area contributed by atoms with E-state index in [0.717, 1.165) is 10.7 Å². The van der Waals surface area contributed by atoms with Gasteiger partial charge in [-0.1, -0.05) is 12.1 Å². The topological polar surface area (TPSA) is 54.4 Å². The van der Waals surface area contributed by atoms with Gasteiger partial charge in [0.25, 0.3) is 0 Å². The second kappa shape index (κ2) is 7.44. The summed E-state index contributed by atoms with van der Waals surface area (Å²) in [5.74, 6) is 0.0390. The molecular weight excluding hydrogens is 298 g/mol. The molecule has 1 aromatic heterocycles. The lowest BCUT2D eigenvalue weighted by molar-refractivity contribution is -0.0499. The highest BCUT2D eigenvalue weighted by molar-refractivity contribution is 7.09. The third-order valence-corrected chi connectivity index (χ3v) is 3.72. The Balaban J connectivity index is 1.86. The van der Waals surface area contributed by atoms with E-state index in [4.69, 9.17) is 0 Å². The van der Waals surface area contributed by atoms with Crippen LogP contribution < -0.4 is 10.1 Å². The number of alkyl halides is 2. The number of aryl methyl sites for hydroxylation is 1. The first kappa shape index (κ1) is 15.8. The monoisotopic (exact) mass is 314 g/mol. The van der Waals surface area contributed by atoms with E-state index in [2.05, 4.69) is 15.0 Å². The lowest BCUT2D eigenvalue weighted by atomic mass is 10.1. The molecule has 2 rings (SSSR count). The van der Waals surface area contributed by atoms with Gasteiger partial charge in [0.1, 0.15) is 10.8 Å². The maximum absolute atomic E-state index is 12.1. The molecule has 0 aliphatic carbocycles. The quantitative estimate of drug-likeness (QED) is 0.825. The maximum atomic E-state index is 12.1. The van der Waals surface area contributed by atoms with Gasteiger partial charge >= 0.3 is 6.61 Å². The Kier molecular flexibility index (Phi) is 5.60. The van der Waals surface area contributed by atoms with Gasteiger partial charge in [0, 0.05) is 24.2 Å². The standard InChI is InChI=1S/C14H16F2N2O2S/c1-9-8-21-13(18-9)7-17-6-12(19)10-3-2-4-11(5-10)20-14(15)16/h2-5,8,12,14,17,19H,6-7H2,1H3. The minimum Gasteiger partial charge on any atom is -0.435 e. The van der Waals surface area contributed by atoms with Crippen molar-refractivity contribution in [1.82, 2.24) is 10.3 Å². The highest BCUT2D eigenvalue weighted by atomic mass is 32.1. The summed E-state index contributed by atoms with van der Waals surface area (Å²) < 4.78 is 28.6. The second-order valence-electron chi connectivity index (χ2n) is 4.48. The predicted octanol–water partition coefficient (Wildman–Crippen LogP) is 2.88. The van der Waals surface area contributed by atoms with Crippen LogP contribution in [0.2, 0.25) is 0 Å². The fourth-order valence-electron chi connectivity index (χ4n) is 1.82. The highest BCUT2D eigenvalue weighted by Crippen LogP contribution is 2.20. The lowest BCUT2D eigenvalue weighted by Gasteiger charge is -2.13. The molecule has 1 heterocycles. The summed E-state index contributed by atoms with van der Waals surface area (Å²) in [4.78, 5) is 4.30. The average molecular weight is 314 g/mol. The lowest BCUT2D eigenvalue weighted by Crippen LogP contribution is -2.21. The van der Waals surface area contributed by atoms with Crippen LogP contribution in [0.15, 0.2) is 29.6 Å². The molecule has 0 spiro atoms. The van der Waals surface area contributed by atoms with E-state index in [9.17, 15) is 13.9 Å². The normalized spacial score (nSPS) is 12.6. The Morgan fingerprint density at radius 1 is 1.43 bits per heavy atom. The van der Waals surface area contributed by atoms with Gasteiger partial charge < -0.3 is 15.2 Å². The molecule has 7 heteroatoms. The zero-order valence-corrected chi connectivity index (χ0v) is 12.2. The zero-order chi connectivity index (χ0) is 15.2. The SMILES string of the molecule is Cc1csc(CNCC(O)c2cccc(OC(F)F)c2)n1.